The first-order valence-electron chi connectivity index (χ1n) is 8.71. The van der Waals surface area contributed by atoms with Crippen LogP contribution in [0.5, 0.6) is 0 Å². The van der Waals surface area contributed by atoms with E-state index in [1.165, 1.54) is 23.6 Å². The van der Waals surface area contributed by atoms with Gasteiger partial charge >= 0.3 is 0 Å². The number of carbonyl (C=O) groups excluding carboxylic acids is 1. The molecular formula is C20H19N5O3S. The number of rotatable bonds is 7. The second-order valence-electron chi connectivity index (χ2n) is 6.36. The Labute approximate surface area is 171 Å². The van der Waals surface area contributed by atoms with Crippen LogP contribution in [-0.2, 0) is 11.2 Å². The van der Waals surface area contributed by atoms with E-state index >= 15 is 0 Å². The van der Waals surface area contributed by atoms with Gasteiger partial charge in [0.15, 0.2) is 0 Å². The van der Waals surface area contributed by atoms with E-state index in [0.717, 1.165) is 11.3 Å². The summed E-state index contributed by atoms with van der Waals surface area (Å²) in [6.45, 7) is 0. The van der Waals surface area contributed by atoms with Crippen molar-refractivity contribution in [2.24, 2.45) is 5.10 Å². The maximum Gasteiger partial charge on any atom is 0.293 e. The Morgan fingerprint density at radius 1 is 1.28 bits per heavy atom. The number of nitrogens with zero attached hydrogens (tertiary/aromatic N) is 4. The predicted octanol–water partition coefficient (Wildman–Crippen LogP) is 3.48. The van der Waals surface area contributed by atoms with Crippen LogP contribution in [0.15, 0.2) is 59.0 Å². The van der Waals surface area contributed by atoms with Gasteiger partial charge in [-0.15, -0.1) is 11.3 Å². The molecule has 148 valence electrons. The van der Waals surface area contributed by atoms with E-state index in [4.69, 9.17) is 0 Å². The van der Waals surface area contributed by atoms with Crippen LogP contribution in [0.2, 0.25) is 0 Å². The van der Waals surface area contributed by atoms with Gasteiger partial charge in [-0.3, -0.25) is 14.9 Å². The van der Waals surface area contributed by atoms with E-state index < -0.39 is 4.92 Å². The van der Waals surface area contributed by atoms with Crippen LogP contribution < -0.4 is 10.3 Å². The molecule has 0 saturated carbocycles. The normalized spacial score (nSPS) is 10.8. The van der Waals surface area contributed by atoms with Crippen LogP contribution in [0.25, 0.3) is 11.3 Å². The van der Waals surface area contributed by atoms with Crippen molar-refractivity contribution in [3.8, 4) is 11.3 Å². The molecule has 0 bridgehead atoms. The number of nitrogens with one attached hydrogen (secondary N) is 1. The Hall–Kier alpha value is -3.59. The van der Waals surface area contributed by atoms with Gasteiger partial charge in [-0.1, -0.05) is 36.4 Å². The standard InChI is InChI=1S/C20H19N5O3S/c1-24(2)17-9-8-14(10-18(17)25(27)28)12-21-23-19(26)11-20-22-16(13-29-20)15-6-4-3-5-7-15/h3-10,12-13H,11H2,1-2H3,(H,23,26)/b21-12-. The second-order valence-corrected chi connectivity index (χ2v) is 7.30. The number of thiazole rings is 1. The third kappa shape index (κ3) is 5.23. The smallest absolute Gasteiger partial charge is 0.293 e. The summed E-state index contributed by atoms with van der Waals surface area (Å²) in [5, 5.41) is 17.7. The Balaban J connectivity index is 1.61. The van der Waals surface area contributed by atoms with Crippen LogP contribution in [-0.4, -0.2) is 36.1 Å². The molecule has 0 fully saturated rings. The molecule has 0 spiro atoms. The number of nitro groups is 1. The van der Waals surface area contributed by atoms with Gasteiger partial charge in [0.25, 0.3) is 5.69 Å². The van der Waals surface area contributed by atoms with Crippen molar-refractivity contribution >= 4 is 34.8 Å². The molecule has 2 aromatic carbocycles. The van der Waals surface area contributed by atoms with E-state index in [-0.39, 0.29) is 18.0 Å². The van der Waals surface area contributed by atoms with Gasteiger partial charge < -0.3 is 4.90 Å². The highest BCUT2D eigenvalue weighted by atomic mass is 32.1. The van der Waals surface area contributed by atoms with Crippen LogP contribution in [0.3, 0.4) is 0 Å². The van der Waals surface area contributed by atoms with E-state index in [1.54, 1.807) is 31.1 Å². The van der Waals surface area contributed by atoms with E-state index in [9.17, 15) is 14.9 Å². The summed E-state index contributed by atoms with van der Waals surface area (Å²) in [6.07, 6.45) is 1.48. The number of benzene rings is 2. The van der Waals surface area contributed by atoms with E-state index in [0.29, 0.717) is 16.3 Å². The predicted molar refractivity (Wildman–Crippen MR) is 114 cm³/mol. The van der Waals surface area contributed by atoms with Crippen molar-refractivity contribution in [1.29, 1.82) is 0 Å². The number of nitro benzene ring substituents is 1. The summed E-state index contributed by atoms with van der Waals surface area (Å²) in [5.41, 5.74) is 5.24. The first-order valence-corrected chi connectivity index (χ1v) is 9.59. The van der Waals surface area contributed by atoms with Gasteiger partial charge in [-0.05, 0) is 6.07 Å². The highest BCUT2D eigenvalue weighted by Crippen LogP contribution is 2.27. The molecule has 29 heavy (non-hydrogen) atoms. The fraction of sp³-hybridized carbons (Fsp3) is 0.150. The summed E-state index contributed by atoms with van der Waals surface area (Å²) < 4.78 is 0. The number of carbonyl (C=O) groups is 1. The lowest BCUT2D eigenvalue weighted by atomic mass is 10.2. The largest absolute Gasteiger partial charge is 0.372 e. The van der Waals surface area contributed by atoms with Crippen LogP contribution in [0.4, 0.5) is 11.4 Å². The molecule has 1 amide bonds. The van der Waals surface area contributed by atoms with Crippen LogP contribution in [0, 0.1) is 10.1 Å². The zero-order valence-electron chi connectivity index (χ0n) is 15.9. The van der Waals surface area contributed by atoms with Crippen molar-refractivity contribution in [1.82, 2.24) is 10.4 Å². The molecule has 0 atom stereocenters. The SMILES string of the molecule is CN(C)c1ccc(/C=N\NC(=O)Cc2nc(-c3ccccc3)cs2)cc1[N+](=O)[O-]. The second kappa shape index (κ2) is 9.07. The van der Waals surface area contributed by atoms with E-state index in [1.807, 2.05) is 35.7 Å². The van der Waals surface area contributed by atoms with Crippen molar-refractivity contribution < 1.29 is 9.72 Å². The van der Waals surface area contributed by atoms with Crippen molar-refractivity contribution in [2.45, 2.75) is 6.42 Å². The van der Waals surface area contributed by atoms with Gasteiger partial charge in [0.2, 0.25) is 5.91 Å². The molecule has 1 N–H and O–H groups in total. The molecule has 0 radical (unpaired) electrons. The molecule has 0 aliphatic carbocycles. The minimum absolute atomic E-state index is 0.0264. The third-order valence-electron chi connectivity index (χ3n) is 4.01. The number of aromatic nitrogens is 1. The van der Waals surface area contributed by atoms with Gasteiger partial charge in [-0.2, -0.15) is 5.10 Å². The fourth-order valence-electron chi connectivity index (χ4n) is 2.63. The maximum absolute atomic E-state index is 12.1. The number of anilines is 1. The molecule has 0 saturated heterocycles. The lowest BCUT2D eigenvalue weighted by Gasteiger charge is -2.12. The quantitative estimate of drug-likeness (QED) is 0.366. The Morgan fingerprint density at radius 3 is 2.72 bits per heavy atom. The van der Waals surface area contributed by atoms with Crippen LogP contribution >= 0.6 is 11.3 Å². The minimum Gasteiger partial charge on any atom is -0.372 e. The minimum atomic E-state index is -0.446. The van der Waals surface area contributed by atoms with E-state index in [2.05, 4.69) is 15.5 Å². The Bertz CT molecular complexity index is 1050. The summed E-state index contributed by atoms with van der Waals surface area (Å²) >= 11 is 1.41. The molecule has 8 nitrogen and oxygen atoms in total. The van der Waals surface area contributed by atoms with Crippen molar-refractivity contribution in [3.63, 3.8) is 0 Å². The summed E-state index contributed by atoms with van der Waals surface area (Å²) in [7, 11) is 3.47. The number of hydrogen-bond acceptors (Lipinski definition) is 7. The first kappa shape index (κ1) is 20.2. The summed E-state index contributed by atoms with van der Waals surface area (Å²) in [5.74, 6) is -0.311. The molecule has 0 aliphatic rings. The molecule has 9 heteroatoms. The highest BCUT2D eigenvalue weighted by molar-refractivity contribution is 7.10. The lowest BCUT2D eigenvalue weighted by Crippen LogP contribution is -2.19. The van der Waals surface area contributed by atoms with Gasteiger partial charge in [0.05, 0.1) is 23.3 Å². The molecule has 1 heterocycles. The van der Waals surface area contributed by atoms with Crippen LogP contribution in [0.1, 0.15) is 10.6 Å². The highest BCUT2D eigenvalue weighted by Gasteiger charge is 2.15. The molecular weight excluding hydrogens is 390 g/mol. The lowest BCUT2D eigenvalue weighted by molar-refractivity contribution is -0.384. The topological polar surface area (TPSA) is 101 Å². The average molecular weight is 409 g/mol. The number of hydrazone groups is 1. The molecule has 3 rings (SSSR count). The monoisotopic (exact) mass is 409 g/mol. The average Bonchev–Trinajstić information content (AvgIpc) is 3.16. The van der Waals surface area contributed by atoms with Crippen molar-refractivity contribution in [3.05, 3.63) is 74.6 Å². The van der Waals surface area contributed by atoms with Crippen molar-refractivity contribution in [2.75, 3.05) is 19.0 Å². The number of amides is 1. The molecule has 0 aliphatic heterocycles. The van der Waals surface area contributed by atoms with Gasteiger partial charge in [-0.25, -0.2) is 10.4 Å². The Kier molecular flexibility index (Phi) is 6.30. The Morgan fingerprint density at radius 2 is 2.03 bits per heavy atom. The maximum atomic E-state index is 12.1. The molecule has 0 unspecified atom stereocenters. The zero-order valence-corrected chi connectivity index (χ0v) is 16.7. The molecule has 3 aromatic rings. The molecule has 1 aromatic heterocycles. The third-order valence-corrected chi connectivity index (χ3v) is 4.86. The van der Waals surface area contributed by atoms with Gasteiger partial charge in [0, 0.05) is 36.7 Å². The summed E-state index contributed by atoms with van der Waals surface area (Å²) in [6, 6.07) is 14.5. The first-order chi connectivity index (χ1) is 13.9. The number of hydrogen-bond donors (Lipinski definition) is 1. The van der Waals surface area contributed by atoms with Gasteiger partial charge in [0.1, 0.15) is 10.7 Å². The fourth-order valence-corrected chi connectivity index (χ4v) is 3.44. The summed E-state index contributed by atoms with van der Waals surface area (Å²) in [4.78, 5) is 29.0. The zero-order chi connectivity index (χ0) is 20.8.